The highest BCUT2D eigenvalue weighted by atomic mass is 16.5. The molecule has 4 heteroatoms. The zero-order valence-corrected chi connectivity index (χ0v) is 16.6. The molecule has 1 fully saturated rings. The number of benzene rings is 2. The van der Waals surface area contributed by atoms with Gasteiger partial charge in [-0.25, -0.2) is 0 Å². The highest BCUT2D eigenvalue weighted by molar-refractivity contribution is 6.05. The van der Waals surface area contributed by atoms with Crippen molar-refractivity contribution in [2.24, 2.45) is 5.92 Å². The maximum Gasteiger partial charge on any atom is 0.255 e. The van der Waals surface area contributed by atoms with Gasteiger partial charge in [-0.1, -0.05) is 31.2 Å². The van der Waals surface area contributed by atoms with Gasteiger partial charge in [0.1, 0.15) is 5.75 Å². The van der Waals surface area contributed by atoms with Crippen molar-refractivity contribution < 1.29 is 9.53 Å². The Bertz CT molecular complexity index is 755. The van der Waals surface area contributed by atoms with Crippen molar-refractivity contribution >= 4 is 11.6 Å². The third-order valence-corrected chi connectivity index (χ3v) is 4.86. The number of nitrogens with zero attached hydrogens (tertiary/aromatic N) is 1. The number of amides is 1. The first-order valence-corrected chi connectivity index (χ1v) is 9.89. The standard InChI is InChI=1S/C23H30N2O2/c1-17(2)27-22-9-5-4-8-21(22)24-23(26)20-12-10-19(11-13-20)16-25-14-6-7-18(3)15-25/h4-5,8-13,17-18H,6-7,14-16H2,1-3H3,(H,24,26). The number of likely N-dealkylation sites (tertiary alicyclic amines) is 1. The van der Waals surface area contributed by atoms with Gasteiger partial charge in [-0.05, 0) is 69.0 Å². The Morgan fingerprint density at radius 1 is 1.19 bits per heavy atom. The summed E-state index contributed by atoms with van der Waals surface area (Å²) in [5.41, 5.74) is 2.61. The lowest BCUT2D eigenvalue weighted by atomic mass is 9.99. The molecule has 1 heterocycles. The van der Waals surface area contributed by atoms with Crippen LogP contribution in [0.5, 0.6) is 5.75 Å². The van der Waals surface area contributed by atoms with Crippen molar-refractivity contribution in [1.82, 2.24) is 4.90 Å². The molecule has 3 rings (SSSR count). The van der Waals surface area contributed by atoms with Crippen molar-refractivity contribution in [3.63, 3.8) is 0 Å². The van der Waals surface area contributed by atoms with Crippen LogP contribution >= 0.6 is 0 Å². The Kier molecular flexibility index (Phi) is 6.51. The number of piperidine rings is 1. The number of nitrogens with one attached hydrogen (secondary N) is 1. The summed E-state index contributed by atoms with van der Waals surface area (Å²) >= 11 is 0. The van der Waals surface area contributed by atoms with Gasteiger partial charge in [0.2, 0.25) is 0 Å². The summed E-state index contributed by atoms with van der Waals surface area (Å²) in [5.74, 6) is 1.35. The number of anilines is 1. The predicted molar refractivity (Wildman–Crippen MR) is 110 cm³/mol. The van der Waals surface area contributed by atoms with E-state index in [-0.39, 0.29) is 12.0 Å². The number of rotatable bonds is 6. The van der Waals surface area contributed by atoms with Gasteiger partial charge in [0.15, 0.2) is 0 Å². The first-order valence-electron chi connectivity index (χ1n) is 9.89. The molecule has 0 radical (unpaired) electrons. The summed E-state index contributed by atoms with van der Waals surface area (Å²) < 4.78 is 5.77. The van der Waals surface area contributed by atoms with Crippen LogP contribution in [-0.4, -0.2) is 30.0 Å². The molecule has 0 saturated carbocycles. The van der Waals surface area contributed by atoms with E-state index in [2.05, 4.69) is 29.3 Å². The third kappa shape index (κ3) is 5.57. The van der Waals surface area contributed by atoms with E-state index in [1.165, 1.54) is 24.9 Å². The zero-order chi connectivity index (χ0) is 19.2. The van der Waals surface area contributed by atoms with Gasteiger partial charge >= 0.3 is 0 Å². The monoisotopic (exact) mass is 366 g/mol. The molecule has 1 saturated heterocycles. The molecule has 0 aromatic heterocycles. The molecule has 27 heavy (non-hydrogen) atoms. The third-order valence-electron chi connectivity index (χ3n) is 4.86. The number of para-hydroxylation sites is 2. The maximum absolute atomic E-state index is 12.6. The molecule has 0 bridgehead atoms. The van der Waals surface area contributed by atoms with Gasteiger partial charge in [0, 0.05) is 18.7 Å². The van der Waals surface area contributed by atoms with Gasteiger partial charge < -0.3 is 10.1 Å². The normalized spacial score (nSPS) is 17.7. The van der Waals surface area contributed by atoms with Gasteiger partial charge in [0.05, 0.1) is 11.8 Å². The molecule has 4 nitrogen and oxygen atoms in total. The fraction of sp³-hybridized carbons (Fsp3) is 0.435. The average molecular weight is 367 g/mol. The van der Waals surface area contributed by atoms with E-state index in [1.54, 1.807) is 0 Å². The van der Waals surface area contributed by atoms with Gasteiger partial charge in [-0.2, -0.15) is 0 Å². The van der Waals surface area contributed by atoms with E-state index in [0.29, 0.717) is 17.0 Å². The Hall–Kier alpha value is -2.33. The number of hydrogen-bond donors (Lipinski definition) is 1. The van der Waals surface area contributed by atoms with E-state index >= 15 is 0 Å². The molecule has 144 valence electrons. The molecule has 2 aromatic carbocycles. The topological polar surface area (TPSA) is 41.6 Å². The Labute approximate surface area is 162 Å². The van der Waals surface area contributed by atoms with Crippen molar-refractivity contribution in [2.75, 3.05) is 18.4 Å². The molecule has 0 spiro atoms. The number of carbonyl (C=O) groups is 1. The zero-order valence-electron chi connectivity index (χ0n) is 16.6. The lowest BCUT2D eigenvalue weighted by molar-refractivity contribution is 0.102. The number of hydrogen-bond acceptors (Lipinski definition) is 3. The van der Waals surface area contributed by atoms with Crippen molar-refractivity contribution in [3.8, 4) is 5.75 Å². The molecule has 0 aliphatic carbocycles. The second-order valence-corrected chi connectivity index (χ2v) is 7.80. The smallest absolute Gasteiger partial charge is 0.255 e. The fourth-order valence-electron chi connectivity index (χ4n) is 3.57. The number of ether oxygens (including phenoxy) is 1. The minimum Gasteiger partial charge on any atom is -0.489 e. The van der Waals surface area contributed by atoms with Gasteiger partial charge in [0.25, 0.3) is 5.91 Å². The largest absolute Gasteiger partial charge is 0.489 e. The highest BCUT2D eigenvalue weighted by Crippen LogP contribution is 2.25. The van der Waals surface area contributed by atoms with E-state index in [1.807, 2.05) is 50.2 Å². The Balaban J connectivity index is 1.62. The molecule has 1 aliphatic rings. The van der Waals surface area contributed by atoms with Crippen molar-refractivity contribution in [1.29, 1.82) is 0 Å². The summed E-state index contributed by atoms with van der Waals surface area (Å²) in [5, 5.41) is 2.96. The summed E-state index contributed by atoms with van der Waals surface area (Å²) in [7, 11) is 0. The molecule has 1 amide bonds. The molecular formula is C23H30N2O2. The van der Waals surface area contributed by atoms with Crippen molar-refractivity contribution in [3.05, 3.63) is 59.7 Å². The Morgan fingerprint density at radius 3 is 2.63 bits per heavy atom. The maximum atomic E-state index is 12.6. The van der Waals surface area contributed by atoms with E-state index in [0.717, 1.165) is 19.0 Å². The van der Waals surface area contributed by atoms with Crippen LogP contribution in [0.3, 0.4) is 0 Å². The lowest BCUT2D eigenvalue weighted by Gasteiger charge is -2.30. The molecule has 2 aromatic rings. The van der Waals surface area contributed by atoms with Crippen LogP contribution in [0, 0.1) is 5.92 Å². The molecule has 1 atom stereocenters. The fourth-order valence-corrected chi connectivity index (χ4v) is 3.57. The van der Waals surface area contributed by atoms with Crippen LogP contribution < -0.4 is 10.1 Å². The van der Waals surface area contributed by atoms with Crippen LogP contribution in [0.1, 0.15) is 49.5 Å². The minimum absolute atomic E-state index is 0.0554. The molecule has 1 N–H and O–H groups in total. The molecular weight excluding hydrogens is 336 g/mol. The van der Waals surface area contributed by atoms with E-state index in [9.17, 15) is 4.79 Å². The minimum atomic E-state index is -0.118. The van der Waals surface area contributed by atoms with Crippen LogP contribution in [0.15, 0.2) is 48.5 Å². The lowest BCUT2D eigenvalue weighted by Crippen LogP contribution is -2.33. The SMILES string of the molecule is CC1CCCN(Cc2ccc(C(=O)Nc3ccccc3OC(C)C)cc2)C1. The predicted octanol–water partition coefficient (Wildman–Crippen LogP) is 4.96. The quantitative estimate of drug-likeness (QED) is 0.786. The second kappa shape index (κ2) is 9.05. The Morgan fingerprint density at radius 2 is 1.93 bits per heavy atom. The number of carbonyl (C=O) groups excluding carboxylic acids is 1. The summed E-state index contributed by atoms with van der Waals surface area (Å²) in [6.45, 7) is 9.55. The van der Waals surface area contributed by atoms with Gasteiger partial charge in [-0.15, -0.1) is 0 Å². The average Bonchev–Trinajstić information content (AvgIpc) is 2.63. The summed E-state index contributed by atoms with van der Waals surface area (Å²) in [4.78, 5) is 15.1. The first-order chi connectivity index (χ1) is 13.0. The highest BCUT2D eigenvalue weighted by Gasteiger charge is 2.16. The van der Waals surface area contributed by atoms with Crippen LogP contribution in [0.2, 0.25) is 0 Å². The van der Waals surface area contributed by atoms with Crippen LogP contribution in [0.25, 0.3) is 0 Å². The second-order valence-electron chi connectivity index (χ2n) is 7.80. The molecule has 1 unspecified atom stereocenters. The first kappa shape index (κ1) is 19.4. The van der Waals surface area contributed by atoms with Crippen molar-refractivity contribution in [2.45, 2.75) is 46.3 Å². The van der Waals surface area contributed by atoms with Crippen LogP contribution in [0.4, 0.5) is 5.69 Å². The van der Waals surface area contributed by atoms with E-state index < -0.39 is 0 Å². The van der Waals surface area contributed by atoms with Gasteiger partial charge in [-0.3, -0.25) is 9.69 Å². The van der Waals surface area contributed by atoms with Crippen LogP contribution in [-0.2, 0) is 6.54 Å². The summed E-state index contributed by atoms with van der Waals surface area (Å²) in [6.07, 6.45) is 2.66. The van der Waals surface area contributed by atoms with E-state index in [4.69, 9.17) is 4.74 Å². The molecule has 1 aliphatic heterocycles. The summed E-state index contributed by atoms with van der Waals surface area (Å²) in [6, 6.07) is 15.5.